The van der Waals surface area contributed by atoms with Crippen LogP contribution in [-0.2, 0) is 16.0 Å². The molecule has 1 aliphatic rings. The predicted molar refractivity (Wildman–Crippen MR) is 81.3 cm³/mol. The number of hydrogen-bond donors (Lipinski definition) is 1. The minimum atomic E-state index is -0.336. The number of esters is 1. The molecule has 21 heavy (non-hydrogen) atoms. The van der Waals surface area contributed by atoms with Crippen LogP contribution in [0.15, 0.2) is 12.3 Å². The molecule has 1 atom stereocenters. The van der Waals surface area contributed by atoms with Gasteiger partial charge in [-0.1, -0.05) is 13.8 Å². The van der Waals surface area contributed by atoms with Gasteiger partial charge in [-0.25, -0.2) is 4.79 Å². The average molecular weight is 295 g/mol. The van der Waals surface area contributed by atoms with Gasteiger partial charge in [-0.05, 0) is 19.0 Å². The molecule has 0 amide bonds. The quantitative estimate of drug-likeness (QED) is 0.802. The molecule has 0 spiro atoms. The second-order valence-electron chi connectivity index (χ2n) is 5.34. The lowest BCUT2D eigenvalue weighted by Gasteiger charge is -2.31. The minimum absolute atomic E-state index is 0.0467. The summed E-state index contributed by atoms with van der Waals surface area (Å²) in [5, 5.41) is 0. The number of rotatable bonds is 6. The first kappa shape index (κ1) is 15.9. The van der Waals surface area contributed by atoms with Gasteiger partial charge < -0.3 is 19.8 Å². The van der Waals surface area contributed by atoms with E-state index in [0.717, 1.165) is 32.6 Å². The average Bonchev–Trinajstić information content (AvgIpc) is 2.86. The molecule has 0 saturated carbocycles. The molecule has 1 unspecified atom stereocenters. The number of nitrogen functional groups attached to an aromatic ring is 1. The van der Waals surface area contributed by atoms with E-state index in [-0.39, 0.29) is 18.7 Å². The van der Waals surface area contributed by atoms with Crippen LogP contribution in [0.1, 0.15) is 30.8 Å². The fraction of sp³-hybridized carbons (Fsp3) is 0.667. The molecule has 1 aromatic rings. The number of nitrogens with zero attached hydrogens (tertiary/aromatic N) is 2. The van der Waals surface area contributed by atoms with Crippen molar-refractivity contribution in [1.82, 2.24) is 9.47 Å². The third-order valence-electron chi connectivity index (χ3n) is 3.66. The highest BCUT2D eigenvalue weighted by molar-refractivity contribution is 5.89. The third-order valence-corrected chi connectivity index (χ3v) is 3.66. The van der Waals surface area contributed by atoms with E-state index < -0.39 is 0 Å². The smallest absolute Gasteiger partial charge is 0.355 e. The molecule has 0 aliphatic carbocycles. The van der Waals surface area contributed by atoms with Gasteiger partial charge >= 0.3 is 5.97 Å². The molecule has 0 aromatic carbocycles. The van der Waals surface area contributed by atoms with E-state index in [4.69, 9.17) is 15.2 Å². The van der Waals surface area contributed by atoms with Crippen LogP contribution in [0.25, 0.3) is 0 Å². The molecule has 0 bridgehead atoms. The fourth-order valence-corrected chi connectivity index (χ4v) is 2.54. The van der Waals surface area contributed by atoms with Gasteiger partial charge in [0.15, 0.2) is 0 Å². The number of aromatic nitrogens is 1. The van der Waals surface area contributed by atoms with Gasteiger partial charge in [0.05, 0.1) is 12.3 Å². The first-order chi connectivity index (χ1) is 10.1. The number of carbonyl (C=O) groups excluding carboxylic acids is 1. The van der Waals surface area contributed by atoms with E-state index in [9.17, 15) is 4.79 Å². The molecule has 1 aliphatic heterocycles. The summed E-state index contributed by atoms with van der Waals surface area (Å²) < 4.78 is 12.9. The lowest BCUT2D eigenvalue weighted by atomic mass is 10.3. The summed E-state index contributed by atoms with van der Waals surface area (Å²) >= 11 is 0. The third kappa shape index (κ3) is 4.22. The summed E-state index contributed by atoms with van der Waals surface area (Å²) in [6.45, 7) is 8.64. The molecule has 0 radical (unpaired) electrons. The Kier molecular flexibility index (Phi) is 5.64. The Morgan fingerprint density at radius 3 is 3.05 bits per heavy atom. The SMILES string of the molecule is CCCn1cc(N)cc1C(=O)OCC1CN(CC)CCO1. The zero-order valence-electron chi connectivity index (χ0n) is 12.9. The molecule has 6 heteroatoms. The first-order valence-electron chi connectivity index (χ1n) is 7.60. The fourth-order valence-electron chi connectivity index (χ4n) is 2.54. The Morgan fingerprint density at radius 1 is 1.52 bits per heavy atom. The summed E-state index contributed by atoms with van der Waals surface area (Å²) in [7, 11) is 0. The number of carbonyl (C=O) groups is 1. The van der Waals surface area contributed by atoms with Gasteiger partial charge in [-0.3, -0.25) is 4.90 Å². The van der Waals surface area contributed by atoms with Crippen molar-refractivity contribution in [3.8, 4) is 0 Å². The summed E-state index contributed by atoms with van der Waals surface area (Å²) in [5.41, 5.74) is 6.86. The van der Waals surface area contributed by atoms with Crippen molar-refractivity contribution in [2.24, 2.45) is 0 Å². The van der Waals surface area contributed by atoms with Crippen molar-refractivity contribution in [2.75, 3.05) is 38.6 Å². The van der Waals surface area contributed by atoms with Crippen molar-refractivity contribution in [3.63, 3.8) is 0 Å². The summed E-state index contributed by atoms with van der Waals surface area (Å²) in [4.78, 5) is 14.5. The summed E-state index contributed by atoms with van der Waals surface area (Å²) in [5.74, 6) is -0.336. The van der Waals surface area contributed by atoms with Crippen molar-refractivity contribution in [2.45, 2.75) is 32.9 Å². The molecular weight excluding hydrogens is 270 g/mol. The second kappa shape index (κ2) is 7.47. The normalized spacial score (nSPS) is 19.6. The number of anilines is 1. The van der Waals surface area contributed by atoms with Crippen LogP contribution < -0.4 is 5.73 Å². The number of likely N-dealkylation sites (N-methyl/N-ethyl adjacent to an activating group) is 1. The minimum Gasteiger partial charge on any atom is -0.458 e. The Morgan fingerprint density at radius 2 is 2.33 bits per heavy atom. The maximum atomic E-state index is 12.2. The van der Waals surface area contributed by atoms with Crippen LogP contribution in [0.5, 0.6) is 0 Å². The number of hydrogen-bond acceptors (Lipinski definition) is 5. The first-order valence-corrected chi connectivity index (χ1v) is 7.60. The zero-order chi connectivity index (χ0) is 15.2. The van der Waals surface area contributed by atoms with Crippen molar-refractivity contribution >= 4 is 11.7 Å². The lowest BCUT2D eigenvalue weighted by Crippen LogP contribution is -2.44. The second-order valence-corrected chi connectivity index (χ2v) is 5.34. The van der Waals surface area contributed by atoms with E-state index in [1.807, 2.05) is 4.57 Å². The molecular formula is C15H25N3O3. The van der Waals surface area contributed by atoms with Crippen LogP contribution in [-0.4, -0.2) is 54.4 Å². The summed E-state index contributed by atoms with van der Waals surface area (Å²) in [6.07, 6.45) is 2.66. The molecule has 1 fully saturated rings. The molecule has 118 valence electrons. The Labute approximate surface area is 125 Å². The monoisotopic (exact) mass is 295 g/mol. The van der Waals surface area contributed by atoms with E-state index in [1.165, 1.54) is 0 Å². The van der Waals surface area contributed by atoms with E-state index in [1.54, 1.807) is 12.3 Å². The van der Waals surface area contributed by atoms with Crippen molar-refractivity contribution < 1.29 is 14.3 Å². The van der Waals surface area contributed by atoms with Gasteiger partial charge in [-0.2, -0.15) is 0 Å². The largest absolute Gasteiger partial charge is 0.458 e. The number of ether oxygens (including phenoxy) is 2. The molecule has 2 heterocycles. The van der Waals surface area contributed by atoms with Crippen LogP contribution in [0, 0.1) is 0 Å². The molecule has 6 nitrogen and oxygen atoms in total. The Balaban J connectivity index is 1.89. The standard InChI is InChI=1S/C15H25N3O3/c1-3-5-18-9-12(16)8-14(18)15(19)21-11-13-10-17(4-2)6-7-20-13/h8-9,13H,3-7,10-11,16H2,1-2H3. The van der Waals surface area contributed by atoms with E-state index >= 15 is 0 Å². The number of morpholine rings is 1. The highest BCUT2D eigenvalue weighted by Crippen LogP contribution is 2.13. The molecule has 2 rings (SSSR count). The van der Waals surface area contributed by atoms with Gasteiger partial charge in [-0.15, -0.1) is 0 Å². The van der Waals surface area contributed by atoms with Gasteiger partial charge in [0.1, 0.15) is 18.4 Å². The summed E-state index contributed by atoms with van der Waals surface area (Å²) in [6, 6.07) is 1.66. The Hall–Kier alpha value is -1.53. The van der Waals surface area contributed by atoms with Crippen LogP contribution in [0.2, 0.25) is 0 Å². The topological polar surface area (TPSA) is 69.7 Å². The predicted octanol–water partition coefficient (Wildman–Crippen LogP) is 1.36. The maximum Gasteiger partial charge on any atom is 0.355 e. The molecule has 2 N–H and O–H groups in total. The highest BCUT2D eigenvalue weighted by Gasteiger charge is 2.22. The van der Waals surface area contributed by atoms with E-state index in [2.05, 4.69) is 18.7 Å². The van der Waals surface area contributed by atoms with Crippen LogP contribution in [0.4, 0.5) is 5.69 Å². The van der Waals surface area contributed by atoms with Crippen LogP contribution >= 0.6 is 0 Å². The lowest BCUT2D eigenvalue weighted by molar-refractivity contribution is -0.0580. The van der Waals surface area contributed by atoms with Crippen molar-refractivity contribution in [1.29, 1.82) is 0 Å². The van der Waals surface area contributed by atoms with E-state index in [0.29, 0.717) is 18.0 Å². The Bertz CT molecular complexity index is 473. The maximum absolute atomic E-state index is 12.2. The zero-order valence-corrected chi connectivity index (χ0v) is 12.9. The molecule has 1 saturated heterocycles. The highest BCUT2D eigenvalue weighted by atomic mass is 16.6. The van der Waals surface area contributed by atoms with Crippen LogP contribution in [0.3, 0.4) is 0 Å². The van der Waals surface area contributed by atoms with Gasteiger partial charge in [0.25, 0.3) is 0 Å². The van der Waals surface area contributed by atoms with Gasteiger partial charge in [0.2, 0.25) is 0 Å². The molecule has 1 aromatic heterocycles. The number of aryl methyl sites for hydroxylation is 1. The van der Waals surface area contributed by atoms with Gasteiger partial charge in [0, 0.05) is 25.8 Å². The number of nitrogens with two attached hydrogens (primary N) is 1. The van der Waals surface area contributed by atoms with Crippen molar-refractivity contribution in [3.05, 3.63) is 18.0 Å².